The van der Waals surface area contributed by atoms with Crippen molar-refractivity contribution < 1.29 is 13.2 Å². The molecule has 34 heavy (non-hydrogen) atoms. The highest BCUT2D eigenvalue weighted by molar-refractivity contribution is 8.00. The van der Waals surface area contributed by atoms with Gasteiger partial charge in [-0.2, -0.15) is 0 Å². The Labute approximate surface area is 206 Å². The topological polar surface area (TPSA) is 72.3 Å². The number of carbonyl (C=O) groups excluding carboxylic acids is 1. The maximum atomic E-state index is 13.2. The Morgan fingerprint density at radius 2 is 1.76 bits per heavy atom. The number of thioether (sulfide) groups is 1. The molecule has 1 aliphatic heterocycles. The van der Waals surface area contributed by atoms with Gasteiger partial charge in [0.1, 0.15) is 0 Å². The quantitative estimate of drug-likeness (QED) is 0.439. The zero-order valence-corrected chi connectivity index (χ0v) is 21.6. The highest BCUT2D eigenvalue weighted by Gasteiger charge is 2.34. The van der Waals surface area contributed by atoms with Crippen molar-refractivity contribution in [3.63, 3.8) is 0 Å². The van der Waals surface area contributed by atoms with Gasteiger partial charge < -0.3 is 4.90 Å². The van der Waals surface area contributed by atoms with E-state index in [-0.39, 0.29) is 23.5 Å². The average molecular weight is 498 g/mol. The van der Waals surface area contributed by atoms with E-state index >= 15 is 0 Å². The molecule has 6 nitrogen and oxygen atoms in total. The zero-order chi connectivity index (χ0) is 24.5. The van der Waals surface area contributed by atoms with E-state index in [0.29, 0.717) is 12.3 Å². The zero-order valence-electron chi connectivity index (χ0n) is 20.0. The highest BCUT2D eigenvalue weighted by atomic mass is 32.2. The van der Waals surface area contributed by atoms with Crippen LogP contribution in [0.3, 0.4) is 0 Å². The minimum absolute atomic E-state index is 0.0428. The van der Waals surface area contributed by atoms with E-state index in [0.717, 1.165) is 22.1 Å². The largest absolute Gasteiger partial charge is 0.341 e. The average Bonchev–Trinajstić information content (AvgIpc) is 3.41. The summed E-state index contributed by atoms with van der Waals surface area (Å²) in [5.74, 6) is 0.420. The van der Waals surface area contributed by atoms with Crippen molar-refractivity contribution in [3.8, 4) is 16.9 Å². The van der Waals surface area contributed by atoms with Gasteiger partial charge in [-0.1, -0.05) is 74.1 Å². The van der Waals surface area contributed by atoms with Crippen molar-refractivity contribution in [2.24, 2.45) is 0 Å². The number of amides is 1. The van der Waals surface area contributed by atoms with Gasteiger partial charge in [-0.3, -0.25) is 9.36 Å². The van der Waals surface area contributed by atoms with E-state index in [2.05, 4.69) is 42.7 Å². The molecule has 2 heterocycles. The molecule has 2 aromatic carbocycles. The lowest BCUT2D eigenvalue weighted by Gasteiger charge is -2.26. The number of carbonyl (C=O) groups is 1. The van der Waals surface area contributed by atoms with Crippen molar-refractivity contribution in [3.05, 3.63) is 66.4 Å². The first-order valence-electron chi connectivity index (χ1n) is 11.5. The van der Waals surface area contributed by atoms with Crippen molar-refractivity contribution in [2.45, 2.75) is 49.6 Å². The molecule has 0 aliphatic carbocycles. The normalized spacial score (nSPS) is 18.2. The fourth-order valence-electron chi connectivity index (χ4n) is 4.40. The monoisotopic (exact) mass is 497 g/mol. The summed E-state index contributed by atoms with van der Waals surface area (Å²) in [6, 6.07) is 18.1. The predicted molar refractivity (Wildman–Crippen MR) is 138 cm³/mol. The Morgan fingerprint density at radius 1 is 1.09 bits per heavy atom. The minimum Gasteiger partial charge on any atom is -0.341 e. The fraction of sp³-hybridized carbons (Fsp3) is 0.385. The predicted octanol–water partition coefficient (Wildman–Crippen LogP) is 4.79. The van der Waals surface area contributed by atoms with Gasteiger partial charge in [0, 0.05) is 18.7 Å². The summed E-state index contributed by atoms with van der Waals surface area (Å²) in [6.07, 6.45) is 2.36. The third-order valence-corrected chi connectivity index (χ3v) is 9.14. The summed E-state index contributed by atoms with van der Waals surface area (Å²) in [4.78, 5) is 19.6. The Balaban J connectivity index is 1.69. The maximum Gasteiger partial charge on any atom is 0.235 e. The molecular formula is C26H31N3O3S2. The van der Waals surface area contributed by atoms with Crippen LogP contribution < -0.4 is 0 Å². The van der Waals surface area contributed by atoms with Crippen LogP contribution >= 0.6 is 11.8 Å². The Hall–Kier alpha value is -2.58. The molecule has 1 aromatic heterocycles. The first-order chi connectivity index (χ1) is 16.2. The number of nitrogens with zero attached hydrogens (tertiary/aromatic N) is 3. The second-order valence-electron chi connectivity index (χ2n) is 9.11. The van der Waals surface area contributed by atoms with E-state index in [1.54, 1.807) is 11.9 Å². The first-order valence-corrected chi connectivity index (χ1v) is 14.2. The molecule has 0 radical (unpaired) electrons. The number of sulfone groups is 1. The summed E-state index contributed by atoms with van der Waals surface area (Å²) in [6.45, 7) is 6.20. The van der Waals surface area contributed by atoms with Gasteiger partial charge in [0.25, 0.3) is 0 Å². The standard InChI is InChI=1S/C26H31N3O3S2/c1-18(2)22-12-8-9-13-23(22)29-24(20-10-6-5-7-11-20)16-27-26(29)33-19(3)25(30)28(4)21-14-15-34(31,32)17-21/h5-13,16,18-19,21H,14-15,17H2,1-4H3. The van der Waals surface area contributed by atoms with Crippen LogP contribution in [0.1, 0.15) is 38.7 Å². The molecule has 1 aliphatic rings. The maximum absolute atomic E-state index is 13.2. The molecule has 2 atom stereocenters. The van der Waals surface area contributed by atoms with Crippen molar-refractivity contribution >= 4 is 27.5 Å². The lowest BCUT2D eigenvalue weighted by atomic mass is 10.0. The van der Waals surface area contributed by atoms with E-state index in [1.807, 2.05) is 43.5 Å². The molecule has 8 heteroatoms. The Bertz CT molecular complexity index is 1270. The Kier molecular flexibility index (Phi) is 7.19. The second-order valence-corrected chi connectivity index (χ2v) is 12.6. The van der Waals surface area contributed by atoms with E-state index < -0.39 is 15.1 Å². The molecular weight excluding hydrogens is 466 g/mol. The lowest BCUT2D eigenvalue weighted by Crippen LogP contribution is -2.41. The molecule has 1 saturated heterocycles. The molecule has 4 rings (SSSR count). The number of benzene rings is 2. The number of hydrogen-bond donors (Lipinski definition) is 0. The number of imidazole rings is 1. The van der Waals surface area contributed by atoms with Crippen LogP contribution in [0.5, 0.6) is 0 Å². The lowest BCUT2D eigenvalue weighted by molar-refractivity contribution is -0.130. The molecule has 2 unspecified atom stereocenters. The number of rotatable bonds is 7. The van der Waals surface area contributed by atoms with Gasteiger partial charge in [0.15, 0.2) is 15.0 Å². The van der Waals surface area contributed by atoms with Crippen LogP contribution in [0.4, 0.5) is 0 Å². The van der Waals surface area contributed by atoms with E-state index in [4.69, 9.17) is 4.98 Å². The smallest absolute Gasteiger partial charge is 0.235 e. The van der Waals surface area contributed by atoms with E-state index in [1.165, 1.54) is 17.3 Å². The fourth-order valence-corrected chi connectivity index (χ4v) is 7.17. The van der Waals surface area contributed by atoms with Crippen LogP contribution in [0.25, 0.3) is 16.9 Å². The van der Waals surface area contributed by atoms with Crippen LogP contribution in [0.2, 0.25) is 0 Å². The first kappa shape index (κ1) is 24.5. The van der Waals surface area contributed by atoms with Gasteiger partial charge in [-0.25, -0.2) is 13.4 Å². The Morgan fingerprint density at radius 3 is 2.41 bits per heavy atom. The summed E-state index contributed by atoms with van der Waals surface area (Å²) in [5.41, 5.74) is 4.26. The van der Waals surface area contributed by atoms with Gasteiger partial charge in [-0.15, -0.1) is 0 Å². The van der Waals surface area contributed by atoms with Crippen molar-refractivity contribution in [2.75, 3.05) is 18.6 Å². The van der Waals surface area contributed by atoms with E-state index in [9.17, 15) is 13.2 Å². The molecule has 0 bridgehead atoms. The molecule has 180 valence electrons. The molecule has 0 N–H and O–H groups in total. The van der Waals surface area contributed by atoms with Gasteiger partial charge >= 0.3 is 0 Å². The van der Waals surface area contributed by atoms with Gasteiger partial charge in [0.05, 0.1) is 34.3 Å². The van der Waals surface area contributed by atoms with Crippen LogP contribution in [0, 0.1) is 0 Å². The molecule has 0 spiro atoms. The summed E-state index contributed by atoms with van der Waals surface area (Å²) in [5, 5.41) is 0.324. The number of hydrogen-bond acceptors (Lipinski definition) is 5. The summed E-state index contributed by atoms with van der Waals surface area (Å²) in [7, 11) is -1.35. The second kappa shape index (κ2) is 9.96. The van der Waals surface area contributed by atoms with Crippen molar-refractivity contribution in [1.29, 1.82) is 0 Å². The third-order valence-electron chi connectivity index (χ3n) is 6.33. The summed E-state index contributed by atoms with van der Waals surface area (Å²) >= 11 is 1.41. The van der Waals surface area contributed by atoms with Crippen LogP contribution in [-0.4, -0.2) is 58.6 Å². The number of para-hydroxylation sites is 1. The third kappa shape index (κ3) is 5.08. The van der Waals surface area contributed by atoms with Crippen LogP contribution in [-0.2, 0) is 14.6 Å². The van der Waals surface area contributed by atoms with Gasteiger partial charge in [0.2, 0.25) is 5.91 Å². The molecule has 1 fully saturated rings. The van der Waals surface area contributed by atoms with Gasteiger partial charge in [-0.05, 0) is 30.9 Å². The summed E-state index contributed by atoms with van der Waals surface area (Å²) < 4.78 is 25.9. The SMILES string of the molecule is CC(Sc1ncc(-c2ccccc2)n1-c1ccccc1C(C)C)C(=O)N(C)C1CCS(=O)(=O)C1. The van der Waals surface area contributed by atoms with Crippen LogP contribution in [0.15, 0.2) is 66.0 Å². The molecule has 1 amide bonds. The van der Waals surface area contributed by atoms with Crippen molar-refractivity contribution in [1.82, 2.24) is 14.5 Å². The number of aromatic nitrogens is 2. The molecule has 0 saturated carbocycles. The molecule has 3 aromatic rings. The highest BCUT2D eigenvalue weighted by Crippen LogP contribution is 2.35. The minimum atomic E-state index is -3.06.